The summed E-state index contributed by atoms with van der Waals surface area (Å²) in [5, 5.41) is 10.8. The van der Waals surface area contributed by atoms with Gasteiger partial charge in [0.25, 0.3) is 0 Å². The summed E-state index contributed by atoms with van der Waals surface area (Å²) in [4.78, 5) is 0. The summed E-state index contributed by atoms with van der Waals surface area (Å²) in [5.74, 6) is 0. The third kappa shape index (κ3) is 1.18. The first-order valence-electron chi connectivity index (χ1n) is 2.82. The maximum Gasteiger partial charge on any atom is 0.169 e. The highest BCUT2D eigenvalue weighted by molar-refractivity contribution is 5.09. The summed E-state index contributed by atoms with van der Waals surface area (Å²) in [7, 11) is 0. The summed E-state index contributed by atoms with van der Waals surface area (Å²) < 4.78 is 0. The van der Waals surface area contributed by atoms with Crippen LogP contribution in [-0.4, -0.2) is 5.66 Å². The Morgan fingerprint density at radius 3 is 2.56 bits per heavy atom. The van der Waals surface area contributed by atoms with Crippen LogP contribution in [0.3, 0.4) is 0 Å². The van der Waals surface area contributed by atoms with E-state index in [1.54, 1.807) is 25.2 Å². The molecule has 2 unspecified atom stereocenters. The van der Waals surface area contributed by atoms with Crippen LogP contribution >= 0.6 is 0 Å². The Hall–Kier alpha value is -0.640. The van der Waals surface area contributed by atoms with Crippen molar-refractivity contribution < 1.29 is 5.06 Å². The number of allylic oxidation sites excluding steroid dienone is 2. The van der Waals surface area contributed by atoms with Crippen molar-refractivity contribution >= 4 is 0 Å². The van der Waals surface area contributed by atoms with Crippen molar-refractivity contribution in [3.8, 4) is 0 Å². The smallest absolute Gasteiger partial charge is 0.169 e. The third-order valence-electron chi connectivity index (χ3n) is 1.33. The second-order valence-electron chi connectivity index (χ2n) is 2.37. The Bertz CT molecular complexity index is 160. The summed E-state index contributed by atoms with van der Waals surface area (Å²) in [6.07, 6.45) is 6.65. The number of hydroxylamine groups is 2. The highest BCUT2D eigenvalue weighted by Gasteiger charge is 2.21. The lowest BCUT2D eigenvalue weighted by Gasteiger charge is -2.33. The summed E-state index contributed by atoms with van der Waals surface area (Å²) in [6.45, 7) is 1.69. The zero-order valence-electron chi connectivity index (χ0n) is 5.29. The van der Waals surface area contributed by atoms with Crippen LogP contribution < -0.4 is 10.8 Å². The van der Waals surface area contributed by atoms with Crippen LogP contribution in [0, 0.1) is 5.21 Å². The molecule has 1 rings (SSSR count). The Balaban J connectivity index is 2.78. The molecule has 0 amide bonds. The molecule has 3 heteroatoms. The largest absolute Gasteiger partial charge is 0.628 e. The first-order chi connectivity index (χ1) is 4.13. The third-order valence-corrected chi connectivity index (χ3v) is 1.33. The summed E-state index contributed by atoms with van der Waals surface area (Å²) in [6, 6.07) is 0. The fraction of sp³-hybridized carbons (Fsp3) is 0.333. The minimum Gasteiger partial charge on any atom is -0.628 e. The van der Waals surface area contributed by atoms with E-state index in [4.69, 9.17) is 5.73 Å². The fourth-order valence-corrected chi connectivity index (χ4v) is 0.660. The van der Waals surface area contributed by atoms with Gasteiger partial charge in [0.05, 0.1) is 6.20 Å². The molecule has 2 atom stereocenters. The van der Waals surface area contributed by atoms with Crippen LogP contribution in [0.25, 0.3) is 0 Å². The van der Waals surface area contributed by atoms with Gasteiger partial charge in [0, 0.05) is 6.92 Å². The molecular formula is C6H10N2O. The molecule has 0 saturated heterocycles. The van der Waals surface area contributed by atoms with Crippen molar-refractivity contribution in [1.82, 2.24) is 0 Å². The van der Waals surface area contributed by atoms with E-state index in [1.165, 1.54) is 6.20 Å². The number of hydrogen-bond donors (Lipinski definition) is 2. The minimum absolute atomic E-state index is 0.0370. The zero-order chi connectivity index (χ0) is 6.91. The molecule has 3 N–H and O–H groups in total. The predicted molar refractivity (Wildman–Crippen MR) is 35.2 cm³/mol. The van der Waals surface area contributed by atoms with Crippen LogP contribution in [0.1, 0.15) is 6.92 Å². The molecule has 1 heterocycles. The average molecular weight is 126 g/mol. The van der Waals surface area contributed by atoms with E-state index >= 15 is 0 Å². The maximum absolute atomic E-state index is 10.9. The van der Waals surface area contributed by atoms with Crippen LogP contribution in [-0.2, 0) is 0 Å². The summed E-state index contributed by atoms with van der Waals surface area (Å²) in [5.41, 5.74) is 4.76. The van der Waals surface area contributed by atoms with Gasteiger partial charge >= 0.3 is 0 Å². The van der Waals surface area contributed by atoms with Gasteiger partial charge in [0.15, 0.2) is 5.66 Å². The van der Waals surface area contributed by atoms with Gasteiger partial charge in [0.1, 0.15) is 0 Å². The second kappa shape index (κ2) is 1.95. The number of quaternary nitrogens is 1. The predicted octanol–water partition coefficient (Wildman–Crippen LogP) is -0.872. The molecule has 0 bridgehead atoms. The van der Waals surface area contributed by atoms with Gasteiger partial charge in [-0.3, -0.25) is 5.73 Å². The Labute approximate surface area is 54.0 Å². The van der Waals surface area contributed by atoms with Crippen molar-refractivity contribution in [1.29, 1.82) is 0 Å². The summed E-state index contributed by atoms with van der Waals surface area (Å²) >= 11 is 0. The molecular weight excluding hydrogens is 116 g/mol. The van der Waals surface area contributed by atoms with Crippen molar-refractivity contribution in [3.05, 3.63) is 29.6 Å². The van der Waals surface area contributed by atoms with Crippen LogP contribution in [0.2, 0.25) is 0 Å². The Morgan fingerprint density at radius 2 is 2.22 bits per heavy atom. The van der Waals surface area contributed by atoms with E-state index in [-0.39, 0.29) is 5.06 Å². The molecule has 50 valence electrons. The van der Waals surface area contributed by atoms with Crippen molar-refractivity contribution in [2.24, 2.45) is 5.73 Å². The van der Waals surface area contributed by atoms with Gasteiger partial charge < -0.3 is 10.3 Å². The zero-order valence-corrected chi connectivity index (χ0v) is 5.29. The topological polar surface area (TPSA) is 53.5 Å². The Kier molecular flexibility index (Phi) is 1.40. The Morgan fingerprint density at radius 1 is 1.56 bits per heavy atom. The SMILES string of the molecule is CC1(N)C=CC=C[NH+]1[O-]. The number of rotatable bonds is 0. The standard InChI is InChI=1S/C6H10N2O/c1-6(7)4-2-3-5-8(6)9/h2-5,8H,7H2,1H3. The van der Waals surface area contributed by atoms with Crippen molar-refractivity contribution in [3.63, 3.8) is 0 Å². The van der Waals surface area contributed by atoms with Gasteiger partial charge in [-0.2, -0.15) is 0 Å². The highest BCUT2D eigenvalue weighted by Crippen LogP contribution is 1.94. The minimum atomic E-state index is -0.769. The van der Waals surface area contributed by atoms with Gasteiger partial charge in [-0.15, -0.1) is 0 Å². The van der Waals surface area contributed by atoms with E-state index in [0.29, 0.717) is 0 Å². The number of nitrogens with one attached hydrogen (secondary N) is 1. The highest BCUT2D eigenvalue weighted by atomic mass is 16.5. The van der Waals surface area contributed by atoms with Gasteiger partial charge in [0.2, 0.25) is 0 Å². The lowest BCUT2D eigenvalue weighted by Crippen LogP contribution is -3.14. The molecule has 0 aromatic carbocycles. The first-order valence-corrected chi connectivity index (χ1v) is 2.82. The molecule has 3 nitrogen and oxygen atoms in total. The van der Waals surface area contributed by atoms with E-state index in [0.717, 1.165) is 0 Å². The molecule has 0 spiro atoms. The van der Waals surface area contributed by atoms with Crippen molar-refractivity contribution in [2.45, 2.75) is 12.6 Å². The molecule has 0 radical (unpaired) electrons. The quantitative estimate of drug-likeness (QED) is 0.414. The average Bonchev–Trinajstić information content (AvgIpc) is 1.77. The lowest BCUT2D eigenvalue weighted by atomic mass is 10.1. The normalized spacial score (nSPS) is 41.4. The van der Waals surface area contributed by atoms with Crippen LogP contribution in [0.5, 0.6) is 0 Å². The monoisotopic (exact) mass is 126 g/mol. The van der Waals surface area contributed by atoms with Gasteiger partial charge in [-0.1, -0.05) is 6.08 Å². The fourth-order valence-electron chi connectivity index (χ4n) is 0.660. The molecule has 0 aromatic rings. The van der Waals surface area contributed by atoms with E-state index in [9.17, 15) is 5.21 Å². The van der Waals surface area contributed by atoms with Gasteiger partial charge in [-0.05, 0) is 12.2 Å². The maximum atomic E-state index is 10.9. The molecule has 0 fully saturated rings. The second-order valence-corrected chi connectivity index (χ2v) is 2.37. The van der Waals surface area contributed by atoms with E-state index < -0.39 is 5.66 Å². The molecule has 0 aromatic heterocycles. The van der Waals surface area contributed by atoms with E-state index in [2.05, 4.69) is 0 Å². The molecule has 9 heavy (non-hydrogen) atoms. The first kappa shape index (κ1) is 6.48. The lowest BCUT2D eigenvalue weighted by molar-refractivity contribution is -0.842. The number of nitrogens with two attached hydrogens (primary N) is 1. The van der Waals surface area contributed by atoms with E-state index in [1.807, 2.05) is 0 Å². The van der Waals surface area contributed by atoms with Crippen molar-refractivity contribution in [2.75, 3.05) is 0 Å². The molecule has 1 aliphatic rings. The molecule has 0 aliphatic carbocycles. The molecule has 1 aliphatic heterocycles. The number of hydrogen-bond acceptors (Lipinski definition) is 2. The molecule has 0 saturated carbocycles. The van der Waals surface area contributed by atoms with Gasteiger partial charge in [-0.25, -0.2) is 0 Å². The van der Waals surface area contributed by atoms with Crippen LogP contribution in [0.15, 0.2) is 24.4 Å². The van der Waals surface area contributed by atoms with Crippen LogP contribution in [0.4, 0.5) is 0 Å².